The molecule has 0 aromatic carbocycles. The van der Waals surface area contributed by atoms with Crippen LogP contribution in [0.3, 0.4) is 0 Å². The van der Waals surface area contributed by atoms with Crippen molar-refractivity contribution < 1.29 is 23.5 Å². The third-order valence-electron chi connectivity index (χ3n) is 2.55. The van der Waals surface area contributed by atoms with Gasteiger partial charge in [-0.3, -0.25) is 4.79 Å². The van der Waals surface area contributed by atoms with E-state index < -0.39 is 12.0 Å². The van der Waals surface area contributed by atoms with Crippen LogP contribution in [0, 0.1) is 0 Å². The largest absolute Gasteiger partial charge is 0.468 e. The van der Waals surface area contributed by atoms with Gasteiger partial charge in [0.05, 0.1) is 25.7 Å². The minimum atomic E-state index is -0.612. The first-order chi connectivity index (χ1) is 9.60. The van der Waals surface area contributed by atoms with E-state index in [2.05, 4.69) is 4.74 Å². The number of ether oxygens (including phenoxy) is 2. The molecule has 1 aromatic rings. The van der Waals surface area contributed by atoms with E-state index in [1.54, 1.807) is 13.0 Å². The number of methoxy groups -OCH3 is 1. The van der Waals surface area contributed by atoms with Crippen LogP contribution in [-0.2, 0) is 20.0 Å². The van der Waals surface area contributed by atoms with Crippen LogP contribution in [0.4, 0.5) is 0 Å². The smallest absolute Gasteiger partial charge is 0.341 e. The van der Waals surface area contributed by atoms with Crippen LogP contribution in [0.15, 0.2) is 16.7 Å². The number of hydrogen-bond acceptors (Lipinski definition) is 7. The molecular formula is C13H19NO5S. The van der Waals surface area contributed by atoms with Gasteiger partial charge >= 0.3 is 11.9 Å². The Bertz CT molecular complexity index is 446. The van der Waals surface area contributed by atoms with E-state index in [1.165, 1.54) is 25.1 Å². The third-order valence-corrected chi connectivity index (χ3v) is 3.54. The lowest BCUT2D eigenvalue weighted by atomic mass is 10.2. The van der Waals surface area contributed by atoms with Gasteiger partial charge in [-0.25, -0.2) is 4.79 Å². The van der Waals surface area contributed by atoms with Crippen molar-refractivity contribution in [3.8, 4) is 0 Å². The Morgan fingerprint density at radius 2 is 2.25 bits per heavy atom. The zero-order valence-electron chi connectivity index (χ0n) is 11.6. The van der Waals surface area contributed by atoms with Crippen molar-refractivity contribution in [1.29, 1.82) is 0 Å². The summed E-state index contributed by atoms with van der Waals surface area (Å²) in [4.78, 5) is 22.7. The van der Waals surface area contributed by atoms with Crippen LogP contribution in [0.25, 0.3) is 0 Å². The van der Waals surface area contributed by atoms with Crippen molar-refractivity contribution in [2.45, 2.75) is 25.1 Å². The molecule has 0 saturated heterocycles. The van der Waals surface area contributed by atoms with Crippen molar-refractivity contribution in [1.82, 2.24) is 0 Å². The Morgan fingerprint density at radius 1 is 1.50 bits per heavy atom. The number of furan rings is 1. The van der Waals surface area contributed by atoms with Gasteiger partial charge in [0.15, 0.2) is 0 Å². The molecule has 0 aliphatic heterocycles. The van der Waals surface area contributed by atoms with Crippen molar-refractivity contribution in [2.24, 2.45) is 5.73 Å². The van der Waals surface area contributed by atoms with Gasteiger partial charge in [-0.15, -0.1) is 0 Å². The molecule has 1 aromatic heterocycles. The minimum absolute atomic E-state index is 0.328. The van der Waals surface area contributed by atoms with E-state index in [4.69, 9.17) is 14.9 Å². The van der Waals surface area contributed by atoms with Gasteiger partial charge in [-0.05, 0) is 25.2 Å². The average molecular weight is 301 g/mol. The summed E-state index contributed by atoms with van der Waals surface area (Å²) in [6, 6.07) is 0.964. The highest BCUT2D eigenvalue weighted by Gasteiger charge is 2.16. The molecule has 20 heavy (non-hydrogen) atoms. The van der Waals surface area contributed by atoms with Crippen LogP contribution in [0.1, 0.15) is 29.5 Å². The maximum atomic E-state index is 11.4. The molecule has 0 aliphatic carbocycles. The Hall–Kier alpha value is -1.47. The molecule has 0 amide bonds. The number of hydrogen-bond donors (Lipinski definition) is 1. The highest BCUT2D eigenvalue weighted by atomic mass is 32.2. The molecule has 0 fully saturated rings. The Kier molecular flexibility index (Phi) is 7.17. The van der Waals surface area contributed by atoms with E-state index in [9.17, 15) is 9.59 Å². The standard InChI is InChI=1S/C13H19NO5S/c1-3-18-13(16)10(14)5-7-20-8-11-9(4-6-19-11)12(15)17-2/h4,6,10H,3,5,7-8,14H2,1-2H3. The molecule has 112 valence electrons. The number of esters is 2. The monoisotopic (exact) mass is 301 g/mol. The normalized spacial score (nSPS) is 11.9. The molecule has 0 radical (unpaired) electrons. The Balaban J connectivity index is 2.33. The van der Waals surface area contributed by atoms with E-state index in [0.29, 0.717) is 35.9 Å². The Morgan fingerprint density at radius 3 is 2.90 bits per heavy atom. The second-order valence-corrected chi connectivity index (χ2v) is 5.05. The number of rotatable bonds is 8. The first-order valence-electron chi connectivity index (χ1n) is 6.24. The fourth-order valence-corrected chi connectivity index (χ4v) is 2.46. The summed E-state index contributed by atoms with van der Waals surface area (Å²) in [5.41, 5.74) is 6.10. The van der Waals surface area contributed by atoms with Gasteiger partial charge < -0.3 is 19.6 Å². The predicted octanol–water partition coefficient (Wildman–Crippen LogP) is 1.58. The topological polar surface area (TPSA) is 91.8 Å². The first kappa shape index (κ1) is 16.6. The fourth-order valence-electron chi connectivity index (χ4n) is 1.49. The maximum absolute atomic E-state index is 11.4. The quantitative estimate of drug-likeness (QED) is 0.575. The minimum Gasteiger partial charge on any atom is -0.468 e. The summed E-state index contributed by atoms with van der Waals surface area (Å²) in [5, 5.41) is 0. The van der Waals surface area contributed by atoms with Gasteiger partial charge in [0.2, 0.25) is 0 Å². The Labute approximate surface area is 122 Å². The van der Waals surface area contributed by atoms with E-state index in [-0.39, 0.29) is 5.97 Å². The second-order valence-electron chi connectivity index (χ2n) is 3.95. The van der Waals surface area contributed by atoms with Gasteiger partial charge in [0.25, 0.3) is 0 Å². The molecule has 0 bridgehead atoms. The predicted molar refractivity (Wildman–Crippen MR) is 75.4 cm³/mol. The molecule has 1 rings (SSSR count). The summed E-state index contributed by atoms with van der Waals surface area (Å²) < 4.78 is 14.7. The summed E-state index contributed by atoms with van der Waals surface area (Å²) in [6.45, 7) is 2.07. The van der Waals surface area contributed by atoms with Crippen LogP contribution in [0.5, 0.6) is 0 Å². The second kappa shape index (κ2) is 8.65. The van der Waals surface area contributed by atoms with Gasteiger partial charge in [0, 0.05) is 0 Å². The summed E-state index contributed by atoms with van der Waals surface area (Å²) in [7, 11) is 1.32. The van der Waals surface area contributed by atoms with Gasteiger partial charge in [-0.1, -0.05) is 0 Å². The lowest BCUT2D eigenvalue weighted by Crippen LogP contribution is -2.32. The van der Waals surface area contributed by atoms with E-state index in [0.717, 1.165) is 0 Å². The van der Waals surface area contributed by atoms with Crippen molar-refractivity contribution in [3.05, 3.63) is 23.7 Å². The molecular weight excluding hydrogens is 282 g/mol. The number of carbonyl (C=O) groups is 2. The van der Waals surface area contributed by atoms with Gasteiger partial charge in [0.1, 0.15) is 17.4 Å². The van der Waals surface area contributed by atoms with Crippen LogP contribution in [0.2, 0.25) is 0 Å². The summed E-state index contributed by atoms with van der Waals surface area (Å²) in [5.74, 6) is 0.944. The average Bonchev–Trinajstić information content (AvgIpc) is 2.91. The lowest BCUT2D eigenvalue weighted by Gasteiger charge is -2.09. The molecule has 0 aliphatic rings. The van der Waals surface area contributed by atoms with E-state index in [1.807, 2.05) is 0 Å². The molecule has 1 atom stereocenters. The molecule has 0 spiro atoms. The molecule has 1 unspecified atom stereocenters. The first-order valence-corrected chi connectivity index (χ1v) is 7.40. The third kappa shape index (κ3) is 4.90. The van der Waals surface area contributed by atoms with Crippen molar-refractivity contribution in [3.63, 3.8) is 0 Å². The number of thioether (sulfide) groups is 1. The van der Waals surface area contributed by atoms with Crippen molar-refractivity contribution in [2.75, 3.05) is 19.5 Å². The summed E-state index contributed by atoms with van der Waals surface area (Å²) in [6.07, 6.45) is 1.96. The molecule has 1 heterocycles. The van der Waals surface area contributed by atoms with Crippen LogP contribution in [-0.4, -0.2) is 37.4 Å². The highest BCUT2D eigenvalue weighted by Crippen LogP contribution is 2.19. The van der Waals surface area contributed by atoms with E-state index >= 15 is 0 Å². The van der Waals surface area contributed by atoms with Crippen LogP contribution < -0.4 is 5.73 Å². The maximum Gasteiger partial charge on any atom is 0.341 e. The molecule has 0 saturated carbocycles. The zero-order valence-corrected chi connectivity index (χ0v) is 12.4. The van der Waals surface area contributed by atoms with Gasteiger partial charge in [-0.2, -0.15) is 11.8 Å². The highest BCUT2D eigenvalue weighted by molar-refractivity contribution is 7.98. The SMILES string of the molecule is CCOC(=O)C(N)CCSCc1occc1C(=O)OC. The lowest BCUT2D eigenvalue weighted by molar-refractivity contribution is -0.144. The molecule has 6 nitrogen and oxygen atoms in total. The van der Waals surface area contributed by atoms with Crippen molar-refractivity contribution >= 4 is 23.7 Å². The fraction of sp³-hybridized carbons (Fsp3) is 0.538. The molecule has 2 N–H and O–H groups in total. The molecule has 7 heteroatoms. The number of carbonyl (C=O) groups excluding carboxylic acids is 2. The zero-order chi connectivity index (χ0) is 15.0. The number of nitrogens with two attached hydrogens (primary N) is 1. The summed E-state index contributed by atoms with van der Waals surface area (Å²) >= 11 is 1.53. The van der Waals surface area contributed by atoms with Crippen LogP contribution >= 0.6 is 11.8 Å².